The van der Waals surface area contributed by atoms with Crippen LogP contribution in [-0.2, 0) is 19.6 Å². The molecule has 0 radical (unpaired) electrons. The lowest BCUT2D eigenvalue weighted by Crippen LogP contribution is -2.53. The molecule has 2 aliphatic rings. The number of carbonyl (C=O) groups is 1. The minimum absolute atomic E-state index is 0.0126. The minimum atomic E-state index is -3.74. The molecule has 150 valence electrons. The lowest BCUT2D eigenvalue weighted by molar-refractivity contribution is -0.133. The van der Waals surface area contributed by atoms with Crippen LogP contribution in [0.3, 0.4) is 0 Å². The molecule has 0 bridgehead atoms. The predicted molar refractivity (Wildman–Crippen MR) is 98.3 cm³/mol. The summed E-state index contributed by atoms with van der Waals surface area (Å²) in [6.45, 7) is 5.02. The van der Waals surface area contributed by atoms with Crippen LogP contribution in [0.25, 0.3) is 0 Å². The number of hydrogen-bond acceptors (Lipinski definition) is 5. The molecule has 2 heterocycles. The standard InChI is InChI=1S/C18H26FN3O4S/c1-14-3-4-15(19)13-17(14)27(24,25)22-9-7-20(8-10-22)16-5-6-21(18(16)23)11-12-26-2/h3-4,13,16H,5-12H2,1-2H3. The van der Waals surface area contributed by atoms with Crippen molar-refractivity contribution in [1.29, 1.82) is 0 Å². The fraction of sp³-hybridized carbons (Fsp3) is 0.611. The second kappa shape index (κ2) is 8.22. The number of carbonyl (C=O) groups excluding carboxylic acids is 1. The van der Waals surface area contributed by atoms with Gasteiger partial charge >= 0.3 is 0 Å². The van der Waals surface area contributed by atoms with Gasteiger partial charge in [0.2, 0.25) is 15.9 Å². The zero-order valence-corrected chi connectivity index (χ0v) is 16.5. The molecule has 27 heavy (non-hydrogen) atoms. The fourth-order valence-electron chi connectivity index (χ4n) is 3.73. The maximum Gasteiger partial charge on any atom is 0.243 e. The van der Waals surface area contributed by atoms with Crippen molar-refractivity contribution in [3.8, 4) is 0 Å². The molecule has 0 saturated carbocycles. The largest absolute Gasteiger partial charge is 0.383 e. The van der Waals surface area contributed by atoms with Gasteiger partial charge in [0.25, 0.3) is 0 Å². The number of hydrogen-bond donors (Lipinski definition) is 0. The zero-order chi connectivity index (χ0) is 19.6. The van der Waals surface area contributed by atoms with Crippen molar-refractivity contribution in [3.63, 3.8) is 0 Å². The van der Waals surface area contributed by atoms with Gasteiger partial charge in [-0.15, -0.1) is 0 Å². The molecular formula is C18H26FN3O4S. The van der Waals surface area contributed by atoms with Gasteiger partial charge in [0, 0.05) is 46.4 Å². The van der Waals surface area contributed by atoms with Gasteiger partial charge in [-0.2, -0.15) is 4.31 Å². The number of aryl methyl sites for hydroxylation is 1. The molecule has 1 atom stereocenters. The smallest absolute Gasteiger partial charge is 0.243 e. The normalized spacial score (nSPS) is 22.6. The summed E-state index contributed by atoms with van der Waals surface area (Å²) in [6.07, 6.45) is 0.748. The number of likely N-dealkylation sites (tertiary alicyclic amines) is 1. The van der Waals surface area contributed by atoms with E-state index in [1.54, 1.807) is 18.9 Å². The van der Waals surface area contributed by atoms with E-state index in [9.17, 15) is 17.6 Å². The average molecular weight is 399 g/mol. The number of ether oxygens (including phenoxy) is 1. The van der Waals surface area contributed by atoms with E-state index in [2.05, 4.69) is 4.90 Å². The van der Waals surface area contributed by atoms with Gasteiger partial charge in [-0.3, -0.25) is 9.69 Å². The number of sulfonamides is 1. The summed E-state index contributed by atoms with van der Waals surface area (Å²) in [5, 5.41) is 0. The summed E-state index contributed by atoms with van der Waals surface area (Å²) in [4.78, 5) is 16.4. The van der Waals surface area contributed by atoms with Crippen molar-refractivity contribution in [1.82, 2.24) is 14.1 Å². The third-order valence-corrected chi connectivity index (χ3v) is 7.36. The maximum atomic E-state index is 13.5. The van der Waals surface area contributed by atoms with Crippen LogP contribution in [0.2, 0.25) is 0 Å². The van der Waals surface area contributed by atoms with E-state index >= 15 is 0 Å². The van der Waals surface area contributed by atoms with E-state index in [0.29, 0.717) is 51.4 Å². The number of amides is 1. The first-order valence-electron chi connectivity index (χ1n) is 9.12. The number of halogens is 1. The lowest BCUT2D eigenvalue weighted by Gasteiger charge is -2.36. The SMILES string of the molecule is COCCN1CCC(N2CCN(S(=O)(=O)c3cc(F)ccc3C)CC2)C1=O. The molecule has 0 aliphatic carbocycles. The highest BCUT2D eigenvalue weighted by Gasteiger charge is 2.38. The first-order chi connectivity index (χ1) is 12.8. The Morgan fingerprint density at radius 2 is 1.89 bits per heavy atom. The van der Waals surface area contributed by atoms with Crippen LogP contribution in [-0.4, -0.2) is 87.5 Å². The minimum Gasteiger partial charge on any atom is -0.383 e. The van der Waals surface area contributed by atoms with E-state index in [-0.39, 0.29) is 16.8 Å². The van der Waals surface area contributed by atoms with Crippen molar-refractivity contribution in [2.45, 2.75) is 24.3 Å². The molecule has 0 aromatic heterocycles. The van der Waals surface area contributed by atoms with Gasteiger partial charge < -0.3 is 9.64 Å². The van der Waals surface area contributed by atoms with E-state index in [1.165, 1.54) is 16.4 Å². The molecule has 1 aromatic rings. The predicted octanol–water partition coefficient (Wildman–Crippen LogP) is 0.688. The average Bonchev–Trinajstić information content (AvgIpc) is 3.02. The number of benzene rings is 1. The van der Waals surface area contributed by atoms with E-state index in [0.717, 1.165) is 12.5 Å². The second-order valence-electron chi connectivity index (χ2n) is 6.97. The molecule has 0 spiro atoms. The molecule has 1 aromatic carbocycles. The molecular weight excluding hydrogens is 373 g/mol. The summed E-state index contributed by atoms with van der Waals surface area (Å²) in [7, 11) is -2.13. The molecule has 1 unspecified atom stereocenters. The van der Waals surface area contributed by atoms with Crippen molar-refractivity contribution >= 4 is 15.9 Å². The Balaban J connectivity index is 1.64. The Labute approximate surface area is 159 Å². The monoisotopic (exact) mass is 399 g/mol. The summed E-state index contributed by atoms with van der Waals surface area (Å²) >= 11 is 0. The molecule has 1 amide bonds. The van der Waals surface area contributed by atoms with Crippen LogP contribution in [0.1, 0.15) is 12.0 Å². The molecule has 2 aliphatic heterocycles. The maximum absolute atomic E-state index is 13.5. The Hall–Kier alpha value is -1.55. The van der Waals surface area contributed by atoms with Crippen LogP contribution in [0, 0.1) is 12.7 Å². The first kappa shape index (κ1) is 20.2. The molecule has 2 fully saturated rings. The topological polar surface area (TPSA) is 70.2 Å². The lowest BCUT2D eigenvalue weighted by atomic mass is 10.2. The quantitative estimate of drug-likeness (QED) is 0.704. The van der Waals surface area contributed by atoms with Crippen molar-refractivity contribution < 1.29 is 22.3 Å². The molecule has 9 heteroatoms. The Morgan fingerprint density at radius 3 is 2.56 bits per heavy atom. The first-order valence-corrected chi connectivity index (χ1v) is 10.6. The van der Waals surface area contributed by atoms with Gasteiger partial charge in [-0.05, 0) is 31.0 Å². The van der Waals surface area contributed by atoms with Crippen molar-refractivity contribution in [2.24, 2.45) is 0 Å². The van der Waals surface area contributed by atoms with Gasteiger partial charge in [-0.1, -0.05) is 6.07 Å². The number of methoxy groups -OCH3 is 1. The van der Waals surface area contributed by atoms with E-state index in [4.69, 9.17) is 4.74 Å². The third kappa shape index (κ3) is 4.16. The van der Waals surface area contributed by atoms with Crippen LogP contribution in [0.5, 0.6) is 0 Å². The van der Waals surface area contributed by atoms with Gasteiger partial charge in [0.15, 0.2) is 0 Å². The Morgan fingerprint density at radius 1 is 1.19 bits per heavy atom. The second-order valence-corrected chi connectivity index (χ2v) is 8.88. The van der Waals surface area contributed by atoms with E-state index in [1.807, 2.05) is 0 Å². The van der Waals surface area contributed by atoms with E-state index < -0.39 is 15.8 Å². The zero-order valence-electron chi connectivity index (χ0n) is 15.7. The number of piperazine rings is 1. The highest BCUT2D eigenvalue weighted by Crippen LogP contribution is 2.24. The third-order valence-electron chi connectivity index (χ3n) is 5.32. The summed E-state index contributed by atoms with van der Waals surface area (Å²) < 4.78 is 45.7. The van der Waals surface area contributed by atoms with Crippen molar-refractivity contribution in [2.75, 3.05) is 53.0 Å². The molecule has 3 rings (SSSR count). The molecule has 0 N–H and O–H groups in total. The number of rotatable bonds is 6. The van der Waals surface area contributed by atoms with Crippen LogP contribution in [0.4, 0.5) is 4.39 Å². The Kier molecular flexibility index (Phi) is 6.15. The highest BCUT2D eigenvalue weighted by atomic mass is 32.2. The molecule has 2 saturated heterocycles. The summed E-state index contributed by atoms with van der Waals surface area (Å²) in [6, 6.07) is 3.62. The van der Waals surface area contributed by atoms with Crippen LogP contribution in [0.15, 0.2) is 23.1 Å². The molecule has 7 nitrogen and oxygen atoms in total. The Bertz CT molecular complexity index is 794. The van der Waals surface area contributed by atoms with Gasteiger partial charge in [-0.25, -0.2) is 12.8 Å². The summed E-state index contributed by atoms with van der Waals surface area (Å²) in [5.74, 6) is -0.477. The fourth-order valence-corrected chi connectivity index (χ4v) is 5.39. The highest BCUT2D eigenvalue weighted by molar-refractivity contribution is 7.89. The van der Waals surface area contributed by atoms with Gasteiger partial charge in [0.1, 0.15) is 5.82 Å². The number of nitrogens with zero attached hydrogens (tertiary/aromatic N) is 3. The summed E-state index contributed by atoms with van der Waals surface area (Å²) in [5.41, 5.74) is 0.526. The van der Waals surface area contributed by atoms with Gasteiger partial charge in [0.05, 0.1) is 17.5 Å². The van der Waals surface area contributed by atoms with Crippen LogP contribution < -0.4 is 0 Å². The van der Waals surface area contributed by atoms with Crippen LogP contribution >= 0.6 is 0 Å². The van der Waals surface area contributed by atoms with Crippen molar-refractivity contribution in [3.05, 3.63) is 29.6 Å².